The molecule has 0 N–H and O–H groups in total. The predicted octanol–water partition coefficient (Wildman–Crippen LogP) is 6.30. The van der Waals surface area contributed by atoms with Crippen LogP contribution in [0.25, 0.3) is 0 Å². The summed E-state index contributed by atoms with van der Waals surface area (Å²) in [6.45, 7) is 9.53. The average Bonchev–Trinajstić information content (AvgIpc) is 2.37. The second-order valence-corrected chi connectivity index (χ2v) is 9.59. The maximum atomic E-state index is 2.41. The predicted molar refractivity (Wildman–Crippen MR) is 83.3 cm³/mol. The molecule has 0 aliphatic heterocycles. The van der Waals surface area contributed by atoms with Crippen LogP contribution in [0.4, 0.5) is 0 Å². The molecule has 0 heterocycles. The van der Waals surface area contributed by atoms with E-state index in [4.69, 9.17) is 0 Å². The normalized spacial score (nSPS) is 12.7. The van der Waals surface area contributed by atoms with E-state index >= 15 is 0 Å². The zero-order valence-corrected chi connectivity index (χ0v) is 14.1. The van der Waals surface area contributed by atoms with E-state index in [1.165, 1.54) is 61.9 Å². The fourth-order valence-electron chi connectivity index (χ4n) is 2.80. The van der Waals surface area contributed by atoms with Crippen molar-refractivity contribution in [2.45, 2.75) is 94.9 Å². The standard InChI is InChI=1S/C12H25.2C2H5.Al/c1-4-6-7-8-9-10-11-12(3)5-2;2*1-2;/h12H,3-11H2,1-2H3;2*1H2,2H3;/t12-;;;/m1.../s1. The maximum absolute atomic E-state index is 2.41. The minimum atomic E-state index is -0.338. The van der Waals surface area contributed by atoms with Gasteiger partial charge in [-0.05, 0) is 0 Å². The van der Waals surface area contributed by atoms with Crippen LogP contribution in [-0.2, 0) is 0 Å². The van der Waals surface area contributed by atoms with E-state index in [0.717, 1.165) is 5.92 Å². The zero-order valence-electron chi connectivity index (χ0n) is 12.9. The summed E-state index contributed by atoms with van der Waals surface area (Å²) in [6, 6.07) is 0. The molecule has 0 fully saturated rings. The molecule has 0 rings (SSSR count). The lowest BCUT2D eigenvalue weighted by molar-refractivity contribution is 0.468. The van der Waals surface area contributed by atoms with Crippen LogP contribution in [0.2, 0.25) is 15.8 Å². The van der Waals surface area contributed by atoms with Crippen LogP contribution in [0, 0.1) is 5.92 Å². The van der Waals surface area contributed by atoms with Crippen molar-refractivity contribution in [1.29, 1.82) is 0 Å². The molecule has 0 saturated heterocycles. The van der Waals surface area contributed by atoms with Crippen molar-refractivity contribution < 1.29 is 0 Å². The molecule has 0 aromatic heterocycles. The Morgan fingerprint density at radius 2 is 1.35 bits per heavy atom. The molecule has 0 nitrogen and oxygen atoms in total. The van der Waals surface area contributed by atoms with E-state index in [1.807, 2.05) is 0 Å². The average molecular weight is 254 g/mol. The fraction of sp³-hybridized carbons (Fsp3) is 1.00. The SMILES string of the molecule is CCCCCCCC[C@@H](CC)[CH2][Al]([CH2]C)[CH2]C. The lowest BCUT2D eigenvalue weighted by atomic mass is 9.99. The minimum absolute atomic E-state index is 0.338. The van der Waals surface area contributed by atoms with Gasteiger partial charge in [0.15, 0.2) is 0 Å². The van der Waals surface area contributed by atoms with Gasteiger partial charge in [-0.15, -0.1) is 0 Å². The van der Waals surface area contributed by atoms with Crippen molar-refractivity contribution in [3.63, 3.8) is 0 Å². The summed E-state index contributed by atoms with van der Waals surface area (Å²) in [7, 11) is 0. The van der Waals surface area contributed by atoms with Gasteiger partial charge in [0.05, 0.1) is 0 Å². The Labute approximate surface area is 115 Å². The molecule has 102 valence electrons. The second-order valence-electron chi connectivity index (χ2n) is 5.75. The number of rotatable bonds is 12. The van der Waals surface area contributed by atoms with Crippen LogP contribution >= 0.6 is 0 Å². The number of hydrogen-bond acceptors (Lipinski definition) is 0. The van der Waals surface area contributed by atoms with Gasteiger partial charge in [-0.2, -0.15) is 0 Å². The molecule has 0 aliphatic carbocycles. The van der Waals surface area contributed by atoms with Crippen LogP contribution in [-0.4, -0.2) is 14.1 Å². The van der Waals surface area contributed by atoms with Crippen LogP contribution in [0.1, 0.15) is 79.1 Å². The minimum Gasteiger partial charge on any atom is -0.0967 e. The third-order valence-corrected chi connectivity index (χ3v) is 8.01. The van der Waals surface area contributed by atoms with E-state index < -0.39 is 0 Å². The van der Waals surface area contributed by atoms with Crippen molar-refractivity contribution in [3.05, 3.63) is 0 Å². The molecular formula is C16H35Al. The monoisotopic (exact) mass is 254 g/mol. The van der Waals surface area contributed by atoms with Gasteiger partial charge < -0.3 is 0 Å². The molecule has 1 heteroatoms. The zero-order chi connectivity index (χ0) is 12.9. The van der Waals surface area contributed by atoms with Crippen LogP contribution in [0.15, 0.2) is 0 Å². The van der Waals surface area contributed by atoms with Crippen molar-refractivity contribution in [1.82, 2.24) is 0 Å². The first-order chi connectivity index (χ1) is 8.28. The maximum Gasteiger partial charge on any atom is 0.261 e. The van der Waals surface area contributed by atoms with Gasteiger partial charge in [0, 0.05) is 0 Å². The third kappa shape index (κ3) is 10.2. The van der Waals surface area contributed by atoms with E-state index in [0.29, 0.717) is 0 Å². The second kappa shape index (κ2) is 13.0. The highest BCUT2D eigenvalue weighted by Crippen LogP contribution is 2.22. The van der Waals surface area contributed by atoms with Gasteiger partial charge in [0.25, 0.3) is 14.1 Å². The molecule has 0 bridgehead atoms. The third-order valence-electron chi connectivity index (χ3n) is 4.36. The van der Waals surface area contributed by atoms with E-state index in [9.17, 15) is 0 Å². The molecule has 0 aromatic rings. The van der Waals surface area contributed by atoms with Gasteiger partial charge in [0.2, 0.25) is 0 Å². The van der Waals surface area contributed by atoms with E-state index in [1.54, 1.807) is 5.28 Å². The van der Waals surface area contributed by atoms with Gasteiger partial charge in [-0.25, -0.2) is 0 Å². The summed E-state index contributed by atoms with van der Waals surface area (Å²) in [4.78, 5) is 0. The molecule has 0 unspecified atom stereocenters. The quantitative estimate of drug-likeness (QED) is 0.283. The van der Waals surface area contributed by atoms with Crippen molar-refractivity contribution in [2.24, 2.45) is 5.92 Å². The summed E-state index contributed by atoms with van der Waals surface area (Å²) in [5.74, 6) is 1.07. The molecule has 1 atom stereocenters. The van der Waals surface area contributed by atoms with Gasteiger partial charge in [-0.3, -0.25) is 0 Å². The lowest BCUT2D eigenvalue weighted by Gasteiger charge is -2.17. The largest absolute Gasteiger partial charge is 0.261 e. The topological polar surface area (TPSA) is 0 Å². The molecule has 0 spiro atoms. The molecule has 0 aromatic carbocycles. The number of unbranched alkanes of at least 4 members (excludes halogenated alkanes) is 5. The van der Waals surface area contributed by atoms with Crippen LogP contribution in [0.5, 0.6) is 0 Å². The Morgan fingerprint density at radius 3 is 1.88 bits per heavy atom. The van der Waals surface area contributed by atoms with E-state index in [-0.39, 0.29) is 14.1 Å². The van der Waals surface area contributed by atoms with Crippen LogP contribution in [0.3, 0.4) is 0 Å². The van der Waals surface area contributed by atoms with Crippen molar-refractivity contribution in [3.8, 4) is 0 Å². The Kier molecular flexibility index (Phi) is 13.4. The summed E-state index contributed by atoms with van der Waals surface area (Å²) < 4.78 is 0. The summed E-state index contributed by atoms with van der Waals surface area (Å²) in [5, 5.41) is 4.66. The Balaban J connectivity index is 3.53. The van der Waals surface area contributed by atoms with E-state index in [2.05, 4.69) is 27.7 Å². The first-order valence-electron chi connectivity index (χ1n) is 8.28. The molecule has 17 heavy (non-hydrogen) atoms. The smallest absolute Gasteiger partial charge is 0.0967 e. The molecule has 0 radical (unpaired) electrons. The summed E-state index contributed by atoms with van der Waals surface area (Å²) in [5.41, 5.74) is 0. The Hall–Kier alpha value is 0.532. The summed E-state index contributed by atoms with van der Waals surface area (Å²) >= 11 is -0.338. The highest BCUT2D eigenvalue weighted by atomic mass is 27.2. The number of hydrogen-bond donors (Lipinski definition) is 0. The first kappa shape index (κ1) is 17.5. The highest BCUT2D eigenvalue weighted by molar-refractivity contribution is 6.58. The Morgan fingerprint density at radius 1 is 0.765 bits per heavy atom. The van der Waals surface area contributed by atoms with Crippen LogP contribution < -0.4 is 0 Å². The molecular weight excluding hydrogens is 219 g/mol. The first-order valence-corrected chi connectivity index (χ1v) is 10.7. The van der Waals surface area contributed by atoms with Crippen molar-refractivity contribution >= 4 is 14.1 Å². The molecule has 0 aliphatic rings. The molecule has 0 amide bonds. The van der Waals surface area contributed by atoms with Gasteiger partial charge in [0.1, 0.15) is 0 Å². The Bertz CT molecular complexity index is 140. The van der Waals surface area contributed by atoms with Gasteiger partial charge >= 0.3 is 0 Å². The van der Waals surface area contributed by atoms with Gasteiger partial charge in [-0.1, -0.05) is 101 Å². The summed E-state index contributed by atoms with van der Waals surface area (Å²) in [6.07, 6.45) is 11.7. The van der Waals surface area contributed by atoms with Crippen molar-refractivity contribution in [2.75, 3.05) is 0 Å². The fourth-order valence-corrected chi connectivity index (χ4v) is 5.55. The molecule has 0 saturated carbocycles. The lowest BCUT2D eigenvalue weighted by Crippen LogP contribution is -2.14. The highest BCUT2D eigenvalue weighted by Gasteiger charge is 2.17.